The standard InChI is InChI=1S/C8H18N2O4S/c1-2-13-7-8-3-4-10(5-6-14-8)15(9,11)12/h8H,2-7H2,1H3,(H2,9,11,12). The molecule has 7 heteroatoms. The summed E-state index contributed by atoms with van der Waals surface area (Å²) in [6.45, 7) is 4.15. The highest BCUT2D eigenvalue weighted by atomic mass is 32.2. The number of rotatable bonds is 4. The van der Waals surface area contributed by atoms with Gasteiger partial charge in [-0.2, -0.15) is 12.7 Å². The molecule has 0 bridgehead atoms. The van der Waals surface area contributed by atoms with Crippen LogP contribution in [0, 0.1) is 0 Å². The lowest BCUT2D eigenvalue weighted by molar-refractivity contribution is -0.00687. The molecule has 0 aromatic heterocycles. The Balaban J connectivity index is 2.42. The molecule has 1 atom stereocenters. The number of ether oxygens (including phenoxy) is 2. The molecule has 0 aromatic carbocycles. The number of hydrogen-bond donors (Lipinski definition) is 1. The molecule has 1 fully saturated rings. The van der Waals surface area contributed by atoms with E-state index in [-0.39, 0.29) is 6.10 Å². The summed E-state index contributed by atoms with van der Waals surface area (Å²) in [5, 5.41) is 5.04. The number of hydrogen-bond acceptors (Lipinski definition) is 4. The minimum atomic E-state index is -3.58. The second-order valence-corrected chi connectivity index (χ2v) is 4.93. The van der Waals surface area contributed by atoms with Crippen LogP contribution in [-0.4, -0.2) is 51.7 Å². The van der Waals surface area contributed by atoms with E-state index in [1.807, 2.05) is 6.92 Å². The summed E-state index contributed by atoms with van der Waals surface area (Å²) in [5.41, 5.74) is 0. The van der Waals surface area contributed by atoms with Crippen molar-refractivity contribution in [3.8, 4) is 0 Å². The third-order valence-electron chi connectivity index (χ3n) is 2.26. The minimum absolute atomic E-state index is 0.0308. The van der Waals surface area contributed by atoms with Crippen molar-refractivity contribution in [2.24, 2.45) is 5.14 Å². The first kappa shape index (κ1) is 12.9. The van der Waals surface area contributed by atoms with Gasteiger partial charge in [-0.3, -0.25) is 0 Å². The molecule has 1 rings (SSSR count). The Hall–Kier alpha value is -0.210. The SMILES string of the molecule is CCOCC1CCN(S(N)(=O)=O)CCO1. The van der Waals surface area contributed by atoms with Gasteiger partial charge in [-0.15, -0.1) is 0 Å². The Morgan fingerprint density at radius 2 is 2.27 bits per heavy atom. The highest BCUT2D eigenvalue weighted by Gasteiger charge is 2.23. The van der Waals surface area contributed by atoms with Crippen LogP contribution in [0.15, 0.2) is 0 Å². The predicted molar refractivity (Wildman–Crippen MR) is 55.5 cm³/mol. The van der Waals surface area contributed by atoms with Gasteiger partial charge in [0.05, 0.1) is 19.3 Å². The maximum absolute atomic E-state index is 11.1. The van der Waals surface area contributed by atoms with Crippen molar-refractivity contribution in [2.45, 2.75) is 19.4 Å². The maximum atomic E-state index is 11.1. The van der Waals surface area contributed by atoms with Gasteiger partial charge in [-0.05, 0) is 13.3 Å². The third kappa shape index (κ3) is 4.43. The zero-order chi connectivity index (χ0) is 11.3. The zero-order valence-corrected chi connectivity index (χ0v) is 9.70. The largest absolute Gasteiger partial charge is 0.379 e. The van der Waals surface area contributed by atoms with Gasteiger partial charge in [0, 0.05) is 19.7 Å². The van der Waals surface area contributed by atoms with Crippen LogP contribution in [-0.2, 0) is 19.7 Å². The normalized spacial score (nSPS) is 25.1. The van der Waals surface area contributed by atoms with Crippen molar-refractivity contribution >= 4 is 10.2 Å². The highest BCUT2D eigenvalue weighted by Crippen LogP contribution is 2.09. The summed E-state index contributed by atoms with van der Waals surface area (Å²) in [6.07, 6.45) is 0.591. The van der Waals surface area contributed by atoms with E-state index in [9.17, 15) is 8.42 Å². The molecule has 0 aromatic rings. The van der Waals surface area contributed by atoms with Crippen LogP contribution in [0.4, 0.5) is 0 Å². The summed E-state index contributed by atoms with van der Waals surface area (Å²) in [7, 11) is -3.58. The average Bonchev–Trinajstić information content (AvgIpc) is 2.38. The van der Waals surface area contributed by atoms with Gasteiger partial charge in [0.1, 0.15) is 0 Å². The van der Waals surface area contributed by atoms with Crippen molar-refractivity contribution in [2.75, 3.05) is 32.9 Å². The van der Waals surface area contributed by atoms with Crippen LogP contribution >= 0.6 is 0 Å². The summed E-state index contributed by atoms with van der Waals surface area (Å²) in [6, 6.07) is 0. The lowest BCUT2D eigenvalue weighted by atomic mass is 10.3. The van der Waals surface area contributed by atoms with Crippen molar-refractivity contribution in [3.05, 3.63) is 0 Å². The molecule has 15 heavy (non-hydrogen) atoms. The van der Waals surface area contributed by atoms with Crippen LogP contribution in [0.3, 0.4) is 0 Å². The van der Waals surface area contributed by atoms with E-state index in [0.717, 1.165) is 0 Å². The molecule has 1 saturated heterocycles. The van der Waals surface area contributed by atoms with E-state index in [1.165, 1.54) is 4.31 Å². The minimum Gasteiger partial charge on any atom is -0.379 e. The van der Waals surface area contributed by atoms with Crippen molar-refractivity contribution in [1.29, 1.82) is 0 Å². The molecule has 1 unspecified atom stereocenters. The smallest absolute Gasteiger partial charge is 0.276 e. The summed E-state index contributed by atoms with van der Waals surface area (Å²) >= 11 is 0. The van der Waals surface area contributed by atoms with E-state index in [1.54, 1.807) is 0 Å². The molecule has 6 nitrogen and oxygen atoms in total. The monoisotopic (exact) mass is 238 g/mol. The van der Waals surface area contributed by atoms with E-state index < -0.39 is 10.2 Å². The van der Waals surface area contributed by atoms with E-state index >= 15 is 0 Å². The van der Waals surface area contributed by atoms with Crippen LogP contribution < -0.4 is 5.14 Å². The molecule has 0 radical (unpaired) electrons. The number of nitrogens with zero attached hydrogens (tertiary/aromatic N) is 1. The fraction of sp³-hybridized carbons (Fsp3) is 1.00. The van der Waals surface area contributed by atoms with Crippen molar-refractivity contribution in [3.63, 3.8) is 0 Å². The second kappa shape index (κ2) is 5.76. The molecule has 1 aliphatic rings. The molecule has 0 aliphatic carbocycles. The van der Waals surface area contributed by atoms with Crippen LogP contribution in [0.5, 0.6) is 0 Å². The first-order valence-corrected chi connectivity index (χ1v) is 6.51. The molecule has 0 amide bonds. The summed E-state index contributed by atoms with van der Waals surface area (Å²) in [5.74, 6) is 0. The first-order chi connectivity index (χ1) is 7.04. The lowest BCUT2D eigenvalue weighted by Crippen LogP contribution is -2.38. The van der Waals surface area contributed by atoms with Crippen LogP contribution in [0.2, 0.25) is 0 Å². The molecule has 2 N–H and O–H groups in total. The molecular weight excluding hydrogens is 220 g/mol. The van der Waals surface area contributed by atoms with Crippen LogP contribution in [0.25, 0.3) is 0 Å². The molecule has 0 saturated carbocycles. The van der Waals surface area contributed by atoms with Crippen molar-refractivity contribution < 1.29 is 17.9 Å². The Kier molecular flexibility index (Phi) is 4.94. The Morgan fingerprint density at radius 1 is 1.53 bits per heavy atom. The third-order valence-corrected chi connectivity index (χ3v) is 3.35. The van der Waals surface area contributed by atoms with Crippen molar-refractivity contribution in [1.82, 2.24) is 4.31 Å². The predicted octanol–water partition coefficient (Wildman–Crippen LogP) is -0.683. The van der Waals surface area contributed by atoms with E-state index in [0.29, 0.717) is 39.3 Å². The first-order valence-electron chi connectivity index (χ1n) is 5.01. The topological polar surface area (TPSA) is 81.9 Å². The van der Waals surface area contributed by atoms with Gasteiger partial charge in [0.15, 0.2) is 0 Å². The van der Waals surface area contributed by atoms with Gasteiger partial charge in [-0.1, -0.05) is 0 Å². The molecule has 0 spiro atoms. The van der Waals surface area contributed by atoms with E-state index in [4.69, 9.17) is 14.6 Å². The second-order valence-electron chi connectivity index (χ2n) is 3.38. The summed E-state index contributed by atoms with van der Waals surface area (Å²) < 4.78 is 34.1. The maximum Gasteiger partial charge on any atom is 0.276 e. The van der Waals surface area contributed by atoms with Gasteiger partial charge in [0.2, 0.25) is 0 Å². The number of nitrogens with two attached hydrogens (primary N) is 1. The quantitative estimate of drug-likeness (QED) is 0.703. The fourth-order valence-electron chi connectivity index (χ4n) is 1.44. The van der Waals surface area contributed by atoms with Crippen LogP contribution in [0.1, 0.15) is 13.3 Å². The van der Waals surface area contributed by atoms with Gasteiger partial charge in [0.25, 0.3) is 10.2 Å². The Bertz CT molecular complexity index is 280. The Labute approximate surface area is 90.5 Å². The molecule has 90 valence electrons. The van der Waals surface area contributed by atoms with Gasteiger partial charge in [-0.25, -0.2) is 5.14 Å². The highest BCUT2D eigenvalue weighted by molar-refractivity contribution is 7.86. The Morgan fingerprint density at radius 3 is 2.87 bits per heavy atom. The fourth-order valence-corrected chi connectivity index (χ4v) is 2.13. The molecular formula is C8H18N2O4S. The van der Waals surface area contributed by atoms with E-state index in [2.05, 4.69) is 0 Å². The van der Waals surface area contributed by atoms with Gasteiger partial charge < -0.3 is 9.47 Å². The molecule has 1 aliphatic heterocycles. The lowest BCUT2D eigenvalue weighted by Gasteiger charge is -2.15. The summed E-state index contributed by atoms with van der Waals surface area (Å²) in [4.78, 5) is 0. The van der Waals surface area contributed by atoms with Gasteiger partial charge >= 0.3 is 0 Å². The zero-order valence-electron chi connectivity index (χ0n) is 8.89. The molecule has 1 heterocycles. The average molecular weight is 238 g/mol.